The molecule has 18 heavy (non-hydrogen) atoms. The van der Waals surface area contributed by atoms with Gasteiger partial charge < -0.3 is 4.74 Å². The van der Waals surface area contributed by atoms with Crippen LogP contribution >= 0.6 is 0 Å². The minimum Gasteiger partial charge on any atom is -0.464 e. The number of amides is 1. The van der Waals surface area contributed by atoms with Gasteiger partial charge >= 0.3 is 5.97 Å². The molecule has 1 aromatic rings. The third-order valence-electron chi connectivity index (χ3n) is 2.88. The Balaban J connectivity index is 2.31. The monoisotopic (exact) mass is 251 g/mol. The quantitative estimate of drug-likeness (QED) is 0.771. The van der Waals surface area contributed by atoms with Crippen LogP contribution in [0.5, 0.6) is 0 Å². The van der Waals surface area contributed by atoms with Gasteiger partial charge in [-0.25, -0.2) is 9.18 Å². The molecular formula is C13H14FNO3. The molecule has 0 spiro atoms. The van der Waals surface area contributed by atoms with E-state index in [1.165, 1.54) is 17.0 Å². The average Bonchev–Trinajstić information content (AvgIpc) is 2.72. The second kappa shape index (κ2) is 5.16. The van der Waals surface area contributed by atoms with E-state index in [9.17, 15) is 14.0 Å². The van der Waals surface area contributed by atoms with Crippen molar-refractivity contribution in [3.8, 4) is 0 Å². The van der Waals surface area contributed by atoms with Crippen molar-refractivity contribution in [1.29, 1.82) is 0 Å². The normalized spacial score (nSPS) is 19.1. The highest BCUT2D eigenvalue weighted by molar-refractivity contribution is 6.02. The van der Waals surface area contributed by atoms with Crippen LogP contribution in [0.15, 0.2) is 24.3 Å². The molecule has 1 atom stereocenters. The summed E-state index contributed by atoms with van der Waals surface area (Å²) in [6.45, 7) is 1.94. The predicted molar refractivity (Wildman–Crippen MR) is 63.5 cm³/mol. The van der Waals surface area contributed by atoms with Crippen molar-refractivity contribution in [2.24, 2.45) is 0 Å². The largest absolute Gasteiger partial charge is 0.464 e. The van der Waals surface area contributed by atoms with Crippen molar-refractivity contribution in [3.05, 3.63) is 30.1 Å². The fraction of sp³-hybridized carbons (Fsp3) is 0.385. The number of rotatable bonds is 3. The zero-order chi connectivity index (χ0) is 13.1. The summed E-state index contributed by atoms with van der Waals surface area (Å²) in [6, 6.07) is 5.22. The maximum atomic E-state index is 13.7. The lowest BCUT2D eigenvalue weighted by atomic mass is 10.2. The van der Waals surface area contributed by atoms with Crippen LogP contribution in [0.3, 0.4) is 0 Å². The highest BCUT2D eigenvalue weighted by atomic mass is 19.1. The lowest BCUT2D eigenvalue weighted by Gasteiger charge is -2.23. The Hall–Kier alpha value is -1.91. The maximum absolute atomic E-state index is 13.7. The Kier molecular flexibility index (Phi) is 3.60. The van der Waals surface area contributed by atoms with Gasteiger partial charge in [0.1, 0.15) is 11.9 Å². The molecule has 1 amide bonds. The standard InChI is InChI=1S/C13H14FNO3/c1-2-18-13(17)11-7-8-12(16)15(11)10-6-4-3-5-9(10)14/h3-6,11H,2,7-8H2,1H3. The Labute approximate surface area is 104 Å². The summed E-state index contributed by atoms with van der Waals surface area (Å²) in [5.41, 5.74) is 0.137. The molecule has 0 radical (unpaired) electrons. The molecule has 1 aliphatic rings. The Morgan fingerprint density at radius 3 is 2.89 bits per heavy atom. The van der Waals surface area contributed by atoms with Crippen LogP contribution in [0.2, 0.25) is 0 Å². The number of esters is 1. The highest BCUT2D eigenvalue weighted by Crippen LogP contribution is 2.29. The number of para-hydroxylation sites is 1. The first-order valence-corrected chi connectivity index (χ1v) is 5.88. The second-order valence-electron chi connectivity index (χ2n) is 4.02. The molecule has 1 unspecified atom stereocenters. The van der Waals surface area contributed by atoms with Crippen molar-refractivity contribution in [2.45, 2.75) is 25.8 Å². The molecule has 0 bridgehead atoms. The summed E-state index contributed by atoms with van der Waals surface area (Å²) in [7, 11) is 0. The zero-order valence-electron chi connectivity index (χ0n) is 10.1. The molecule has 1 saturated heterocycles. The molecule has 96 valence electrons. The van der Waals surface area contributed by atoms with E-state index >= 15 is 0 Å². The fourth-order valence-electron chi connectivity index (χ4n) is 2.09. The smallest absolute Gasteiger partial charge is 0.329 e. The number of hydrogen-bond acceptors (Lipinski definition) is 3. The summed E-state index contributed by atoms with van der Waals surface area (Å²) < 4.78 is 18.6. The molecule has 0 aromatic heterocycles. The lowest BCUT2D eigenvalue weighted by Crippen LogP contribution is -2.40. The number of hydrogen-bond donors (Lipinski definition) is 0. The summed E-state index contributed by atoms with van der Waals surface area (Å²) in [4.78, 5) is 24.7. The van der Waals surface area contributed by atoms with Crippen molar-refractivity contribution in [2.75, 3.05) is 11.5 Å². The Morgan fingerprint density at radius 2 is 2.22 bits per heavy atom. The van der Waals surface area contributed by atoms with Crippen LogP contribution in [0.1, 0.15) is 19.8 Å². The first-order valence-electron chi connectivity index (χ1n) is 5.88. The summed E-state index contributed by atoms with van der Waals surface area (Å²) in [5, 5.41) is 0. The molecule has 5 heteroatoms. The minimum atomic E-state index is -0.714. The van der Waals surface area contributed by atoms with Gasteiger partial charge in [0.25, 0.3) is 0 Å². The topological polar surface area (TPSA) is 46.6 Å². The fourth-order valence-corrected chi connectivity index (χ4v) is 2.09. The van der Waals surface area contributed by atoms with Gasteiger partial charge in [-0.1, -0.05) is 12.1 Å². The molecular weight excluding hydrogens is 237 g/mol. The first-order chi connectivity index (χ1) is 8.65. The number of benzene rings is 1. The van der Waals surface area contributed by atoms with Crippen molar-refractivity contribution in [1.82, 2.24) is 0 Å². The third-order valence-corrected chi connectivity index (χ3v) is 2.88. The second-order valence-corrected chi connectivity index (χ2v) is 4.02. The minimum absolute atomic E-state index is 0.137. The molecule has 1 heterocycles. The molecule has 1 aromatic carbocycles. The molecule has 0 saturated carbocycles. The molecule has 1 aliphatic heterocycles. The van der Waals surface area contributed by atoms with Gasteiger partial charge in [-0.15, -0.1) is 0 Å². The third kappa shape index (κ3) is 2.20. The number of anilines is 1. The van der Waals surface area contributed by atoms with Gasteiger partial charge in [0.15, 0.2) is 0 Å². The van der Waals surface area contributed by atoms with E-state index < -0.39 is 17.8 Å². The summed E-state index contributed by atoms with van der Waals surface area (Å²) >= 11 is 0. The number of halogens is 1. The van der Waals surface area contributed by atoms with Gasteiger partial charge in [-0.3, -0.25) is 9.69 Å². The van der Waals surface area contributed by atoms with Crippen LogP contribution in [0.25, 0.3) is 0 Å². The molecule has 2 rings (SSSR count). The van der Waals surface area contributed by atoms with Crippen LogP contribution in [0, 0.1) is 5.82 Å². The Morgan fingerprint density at radius 1 is 1.50 bits per heavy atom. The first kappa shape index (κ1) is 12.5. The molecule has 4 nitrogen and oxygen atoms in total. The van der Waals surface area contributed by atoms with E-state index in [-0.39, 0.29) is 24.6 Å². The van der Waals surface area contributed by atoms with Crippen molar-refractivity contribution in [3.63, 3.8) is 0 Å². The predicted octanol–water partition coefficient (Wildman–Crippen LogP) is 1.88. The zero-order valence-corrected chi connectivity index (χ0v) is 10.1. The molecule has 0 aliphatic carbocycles. The van der Waals surface area contributed by atoms with E-state index in [4.69, 9.17) is 4.74 Å². The maximum Gasteiger partial charge on any atom is 0.329 e. The highest BCUT2D eigenvalue weighted by Gasteiger charge is 2.39. The molecule has 1 fully saturated rings. The van der Waals surface area contributed by atoms with Crippen LogP contribution in [0.4, 0.5) is 10.1 Å². The van der Waals surface area contributed by atoms with Crippen molar-refractivity contribution < 1.29 is 18.7 Å². The van der Waals surface area contributed by atoms with E-state index in [2.05, 4.69) is 0 Å². The van der Waals surface area contributed by atoms with E-state index in [1.807, 2.05) is 0 Å². The SMILES string of the molecule is CCOC(=O)C1CCC(=O)N1c1ccccc1F. The lowest BCUT2D eigenvalue weighted by molar-refractivity contribution is -0.144. The van der Waals surface area contributed by atoms with Crippen LogP contribution in [-0.4, -0.2) is 24.5 Å². The van der Waals surface area contributed by atoms with Gasteiger partial charge in [-0.2, -0.15) is 0 Å². The summed E-state index contributed by atoms with van der Waals surface area (Å²) in [5.74, 6) is -1.24. The number of carbonyl (C=O) groups excluding carboxylic acids is 2. The van der Waals surface area contributed by atoms with E-state index in [0.29, 0.717) is 6.42 Å². The van der Waals surface area contributed by atoms with Crippen LogP contribution < -0.4 is 4.90 Å². The van der Waals surface area contributed by atoms with Gasteiger partial charge in [-0.05, 0) is 25.5 Å². The number of ether oxygens (including phenoxy) is 1. The van der Waals surface area contributed by atoms with Crippen molar-refractivity contribution >= 4 is 17.6 Å². The van der Waals surface area contributed by atoms with E-state index in [0.717, 1.165) is 0 Å². The summed E-state index contributed by atoms with van der Waals surface area (Å²) in [6.07, 6.45) is 0.601. The average molecular weight is 251 g/mol. The van der Waals surface area contributed by atoms with E-state index in [1.54, 1.807) is 19.1 Å². The molecule has 0 N–H and O–H groups in total. The number of carbonyl (C=O) groups is 2. The van der Waals surface area contributed by atoms with Gasteiger partial charge in [0.2, 0.25) is 5.91 Å². The Bertz CT molecular complexity index is 475. The van der Waals surface area contributed by atoms with Gasteiger partial charge in [0, 0.05) is 6.42 Å². The van der Waals surface area contributed by atoms with Crippen LogP contribution in [-0.2, 0) is 14.3 Å². The number of nitrogens with zero attached hydrogens (tertiary/aromatic N) is 1. The van der Waals surface area contributed by atoms with Gasteiger partial charge in [0.05, 0.1) is 12.3 Å².